The van der Waals surface area contributed by atoms with Crippen molar-refractivity contribution in [1.29, 1.82) is 0 Å². The molecule has 2 aliphatic carbocycles. The van der Waals surface area contributed by atoms with E-state index in [9.17, 15) is 4.79 Å². The first-order chi connectivity index (χ1) is 6.31. The summed E-state index contributed by atoms with van der Waals surface area (Å²) in [6, 6.07) is 0. The van der Waals surface area contributed by atoms with E-state index >= 15 is 0 Å². The smallest absolute Gasteiger partial charge is 0.138 e. The van der Waals surface area contributed by atoms with E-state index in [2.05, 4.69) is 0 Å². The van der Waals surface area contributed by atoms with Crippen LogP contribution in [0.15, 0.2) is 0 Å². The normalized spacial score (nSPS) is 40.1. The number of carbonyl (C=O) groups is 1. The SMILES string of the molecule is COC1CCC2CCCC(=O)C1C2. The number of ether oxygens (including phenoxy) is 1. The van der Waals surface area contributed by atoms with Gasteiger partial charge in [-0.2, -0.15) is 0 Å². The average molecular weight is 182 g/mol. The Hall–Kier alpha value is -0.370. The first kappa shape index (κ1) is 9.20. The molecule has 3 atom stereocenters. The Morgan fingerprint density at radius 1 is 1.31 bits per heavy atom. The van der Waals surface area contributed by atoms with Gasteiger partial charge in [0.05, 0.1) is 6.10 Å². The summed E-state index contributed by atoms with van der Waals surface area (Å²) >= 11 is 0. The highest BCUT2D eigenvalue weighted by atomic mass is 16.5. The lowest BCUT2D eigenvalue weighted by molar-refractivity contribution is -0.129. The minimum Gasteiger partial charge on any atom is -0.381 e. The zero-order valence-corrected chi connectivity index (χ0v) is 8.29. The number of carbonyl (C=O) groups excluding carboxylic acids is 1. The molecule has 0 heterocycles. The molecule has 0 aliphatic heterocycles. The van der Waals surface area contributed by atoms with E-state index in [0.29, 0.717) is 5.78 Å². The average Bonchev–Trinajstić information content (AvgIpc) is 2.29. The number of ketones is 1. The van der Waals surface area contributed by atoms with Gasteiger partial charge in [0, 0.05) is 19.4 Å². The van der Waals surface area contributed by atoms with Crippen LogP contribution < -0.4 is 0 Å². The lowest BCUT2D eigenvalue weighted by Gasteiger charge is -2.32. The standard InChI is InChI=1S/C11H18O2/c1-13-11-6-5-8-3-2-4-10(12)9(11)7-8/h8-9,11H,2-7H2,1H3. The third-order valence-electron chi connectivity index (χ3n) is 3.65. The second-order valence-corrected chi connectivity index (χ2v) is 4.42. The molecule has 2 nitrogen and oxygen atoms in total. The molecule has 0 aromatic carbocycles. The minimum absolute atomic E-state index is 0.224. The molecule has 13 heavy (non-hydrogen) atoms. The maximum absolute atomic E-state index is 11.7. The third-order valence-corrected chi connectivity index (χ3v) is 3.65. The van der Waals surface area contributed by atoms with Crippen LogP contribution in [-0.2, 0) is 9.53 Å². The Morgan fingerprint density at radius 2 is 2.15 bits per heavy atom. The van der Waals surface area contributed by atoms with Crippen LogP contribution in [0.1, 0.15) is 38.5 Å². The molecule has 0 N–H and O–H groups in total. The van der Waals surface area contributed by atoms with Crippen LogP contribution >= 0.6 is 0 Å². The zero-order chi connectivity index (χ0) is 9.26. The molecule has 0 spiro atoms. The fourth-order valence-corrected chi connectivity index (χ4v) is 2.86. The van der Waals surface area contributed by atoms with E-state index in [-0.39, 0.29) is 12.0 Å². The second kappa shape index (κ2) is 3.79. The van der Waals surface area contributed by atoms with E-state index in [1.165, 1.54) is 12.8 Å². The Kier molecular flexibility index (Phi) is 2.68. The lowest BCUT2D eigenvalue weighted by atomic mass is 9.78. The van der Waals surface area contributed by atoms with Gasteiger partial charge in [0.15, 0.2) is 0 Å². The van der Waals surface area contributed by atoms with Crippen molar-refractivity contribution in [3.8, 4) is 0 Å². The summed E-state index contributed by atoms with van der Waals surface area (Å²) in [6.45, 7) is 0. The quantitative estimate of drug-likeness (QED) is 0.621. The van der Waals surface area contributed by atoms with E-state index in [4.69, 9.17) is 4.74 Å². The van der Waals surface area contributed by atoms with Crippen LogP contribution in [0.2, 0.25) is 0 Å². The molecule has 0 saturated heterocycles. The molecule has 0 amide bonds. The van der Waals surface area contributed by atoms with Gasteiger partial charge in [-0.3, -0.25) is 4.79 Å². The van der Waals surface area contributed by atoms with Gasteiger partial charge in [0.25, 0.3) is 0 Å². The summed E-state index contributed by atoms with van der Waals surface area (Å²) in [5.74, 6) is 1.49. The van der Waals surface area contributed by atoms with Gasteiger partial charge in [-0.25, -0.2) is 0 Å². The summed E-state index contributed by atoms with van der Waals surface area (Å²) in [5.41, 5.74) is 0. The number of fused-ring (bicyclic) bond motifs is 2. The highest BCUT2D eigenvalue weighted by molar-refractivity contribution is 5.82. The van der Waals surface area contributed by atoms with Crippen molar-refractivity contribution in [3.05, 3.63) is 0 Å². The molecule has 2 rings (SSSR count). The second-order valence-electron chi connectivity index (χ2n) is 4.42. The van der Waals surface area contributed by atoms with Crippen molar-refractivity contribution in [2.75, 3.05) is 7.11 Å². The molecule has 2 aliphatic rings. The molecule has 2 saturated carbocycles. The van der Waals surface area contributed by atoms with Gasteiger partial charge in [-0.05, 0) is 38.0 Å². The maximum Gasteiger partial charge on any atom is 0.138 e. The summed E-state index contributed by atoms with van der Waals surface area (Å²) in [5, 5.41) is 0. The largest absolute Gasteiger partial charge is 0.381 e. The summed E-state index contributed by atoms with van der Waals surface area (Å²) in [4.78, 5) is 11.7. The monoisotopic (exact) mass is 182 g/mol. The van der Waals surface area contributed by atoms with Gasteiger partial charge in [-0.15, -0.1) is 0 Å². The maximum atomic E-state index is 11.7. The summed E-state index contributed by atoms with van der Waals surface area (Å²) in [7, 11) is 1.74. The highest BCUT2D eigenvalue weighted by Crippen LogP contribution is 2.37. The zero-order valence-electron chi connectivity index (χ0n) is 8.29. The van der Waals surface area contributed by atoms with Gasteiger partial charge in [0.1, 0.15) is 5.78 Å². The van der Waals surface area contributed by atoms with Gasteiger partial charge >= 0.3 is 0 Å². The Morgan fingerprint density at radius 3 is 2.92 bits per heavy atom. The topological polar surface area (TPSA) is 26.3 Å². The van der Waals surface area contributed by atoms with Crippen LogP contribution in [0.25, 0.3) is 0 Å². The first-order valence-corrected chi connectivity index (χ1v) is 5.36. The van der Waals surface area contributed by atoms with Crippen LogP contribution in [0.5, 0.6) is 0 Å². The first-order valence-electron chi connectivity index (χ1n) is 5.36. The fraction of sp³-hybridized carbons (Fsp3) is 0.909. The molecule has 0 aromatic rings. The van der Waals surface area contributed by atoms with Crippen molar-refractivity contribution in [3.63, 3.8) is 0 Å². The van der Waals surface area contributed by atoms with Crippen molar-refractivity contribution in [2.24, 2.45) is 11.8 Å². The van der Waals surface area contributed by atoms with Gasteiger partial charge < -0.3 is 4.74 Å². The molecule has 3 unspecified atom stereocenters. The van der Waals surface area contributed by atoms with Crippen LogP contribution in [0.3, 0.4) is 0 Å². The molecule has 0 aromatic heterocycles. The van der Waals surface area contributed by atoms with Crippen molar-refractivity contribution in [2.45, 2.75) is 44.6 Å². The number of methoxy groups -OCH3 is 1. The van der Waals surface area contributed by atoms with E-state index in [1.807, 2.05) is 0 Å². The van der Waals surface area contributed by atoms with E-state index < -0.39 is 0 Å². The van der Waals surface area contributed by atoms with Crippen LogP contribution in [0.4, 0.5) is 0 Å². The summed E-state index contributed by atoms with van der Waals surface area (Å²) < 4.78 is 5.38. The van der Waals surface area contributed by atoms with E-state index in [1.54, 1.807) is 7.11 Å². The number of hydrogen-bond donors (Lipinski definition) is 0. The molecule has 2 fully saturated rings. The van der Waals surface area contributed by atoms with Gasteiger partial charge in [0.2, 0.25) is 0 Å². The van der Waals surface area contributed by atoms with E-state index in [0.717, 1.165) is 31.6 Å². The minimum atomic E-state index is 0.224. The fourth-order valence-electron chi connectivity index (χ4n) is 2.86. The molecule has 74 valence electrons. The number of Topliss-reactive ketones (excluding diaryl/α,β-unsaturated/α-hetero) is 1. The number of hydrogen-bond acceptors (Lipinski definition) is 2. The van der Waals surface area contributed by atoms with Crippen molar-refractivity contribution in [1.82, 2.24) is 0 Å². The Labute approximate surface area is 79.7 Å². The molecular formula is C11H18O2. The summed E-state index contributed by atoms with van der Waals surface area (Å²) in [6.07, 6.45) is 6.84. The molecule has 2 heteroatoms. The number of rotatable bonds is 1. The third kappa shape index (κ3) is 1.78. The predicted octanol–water partition coefficient (Wildman–Crippen LogP) is 2.17. The Bertz CT molecular complexity index is 200. The van der Waals surface area contributed by atoms with Gasteiger partial charge in [-0.1, -0.05) is 0 Å². The van der Waals surface area contributed by atoms with Crippen molar-refractivity contribution >= 4 is 5.78 Å². The van der Waals surface area contributed by atoms with Crippen LogP contribution in [-0.4, -0.2) is 19.0 Å². The van der Waals surface area contributed by atoms with Crippen molar-refractivity contribution < 1.29 is 9.53 Å². The predicted molar refractivity (Wildman–Crippen MR) is 50.5 cm³/mol. The molecular weight excluding hydrogens is 164 g/mol. The molecule has 2 bridgehead atoms. The Balaban J connectivity index is 2.10. The highest BCUT2D eigenvalue weighted by Gasteiger charge is 2.36. The van der Waals surface area contributed by atoms with Crippen LogP contribution in [0, 0.1) is 11.8 Å². The lowest BCUT2D eigenvalue weighted by Crippen LogP contribution is -2.34. The molecule has 0 radical (unpaired) electrons.